The fourth-order valence-corrected chi connectivity index (χ4v) is 4.35. The maximum absolute atomic E-state index is 14.3. The maximum Gasteiger partial charge on any atom is 0.418 e. The van der Waals surface area contributed by atoms with Crippen LogP contribution in [0.25, 0.3) is 0 Å². The third-order valence-corrected chi connectivity index (χ3v) is 6.71. The fraction of sp³-hybridized carbons (Fsp3) is 0.136. The van der Waals surface area contributed by atoms with Crippen LogP contribution in [0.3, 0.4) is 0 Å². The van der Waals surface area contributed by atoms with Crippen LogP contribution in [0.4, 0.5) is 23.2 Å². The molecule has 3 rings (SSSR count). The van der Waals surface area contributed by atoms with Gasteiger partial charge in [0.2, 0.25) is 10.0 Å². The third kappa shape index (κ3) is 5.70. The van der Waals surface area contributed by atoms with Crippen molar-refractivity contribution in [2.45, 2.75) is 17.6 Å². The molecule has 1 amide bonds. The number of hydrogen-bond donors (Lipinski definition) is 1. The van der Waals surface area contributed by atoms with Gasteiger partial charge in [-0.2, -0.15) is 17.5 Å². The Morgan fingerprint density at radius 2 is 1.70 bits per heavy atom. The van der Waals surface area contributed by atoms with E-state index < -0.39 is 44.7 Å². The van der Waals surface area contributed by atoms with Crippen LogP contribution >= 0.6 is 11.6 Å². The van der Waals surface area contributed by atoms with Gasteiger partial charge in [-0.05, 0) is 42.0 Å². The minimum atomic E-state index is -4.84. The Labute approximate surface area is 192 Å². The highest BCUT2D eigenvalue weighted by molar-refractivity contribution is 7.89. The summed E-state index contributed by atoms with van der Waals surface area (Å²) in [6, 6.07) is 13.9. The van der Waals surface area contributed by atoms with E-state index in [1.165, 1.54) is 7.05 Å². The number of alkyl halides is 3. The molecule has 0 aliphatic heterocycles. The molecule has 0 spiro atoms. The molecule has 0 heterocycles. The summed E-state index contributed by atoms with van der Waals surface area (Å²) in [5.41, 5.74) is -1.90. The number of sulfonamides is 1. The molecule has 0 aliphatic carbocycles. The highest BCUT2D eigenvalue weighted by Gasteiger charge is 2.34. The second-order valence-corrected chi connectivity index (χ2v) is 9.51. The monoisotopic (exact) mass is 500 g/mol. The lowest BCUT2D eigenvalue weighted by Crippen LogP contribution is -2.27. The summed E-state index contributed by atoms with van der Waals surface area (Å²) in [5, 5.41) is 1.78. The molecule has 11 heteroatoms. The van der Waals surface area contributed by atoms with Crippen LogP contribution in [0.5, 0.6) is 0 Å². The summed E-state index contributed by atoms with van der Waals surface area (Å²) in [4.78, 5) is 12.2. The first-order valence-electron chi connectivity index (χ1n) is 9.37. The van der Waals surface area contributed by atoms with E-state index in [9.17, 15) is 30.8 Å². The zero-order chi connectivity index (χ0) is 24.4. The Morgan fingerprint density at radius 3 is 2.33 bits per heavy atom. The molecule has 0 aromatic heterocycles. The predicted molar refractivity (Wildman–Crippen MR) is 116 cm³/mol. The van der Waals surface area contributed by atoms with Gasteiger partial charge in [-0.15, -0.1) is 0 Å². The Hall–Kier alpha value is -2.95. The van der Waals surface area contributed by atoms with Gasteiger partial charge in [0, 0.05) is 18.6 Å². The van der Waals surface area contributed by atoms with Crippen LogP contribution in [0.2, 0.25) is 5.02 Å². The summed E-state index contributed by atoms with van der Waals surface area (Å²) in [6.07, 6.45) is -4.84. The Kier molecular flexibility index (Phi) is 7.11. The minimum Gasteiger partial charge on any atom is -0.321 e. The number of halogens is 5. The number of benzene rings is 3. The van der Waals surface area contributed by atoms with E-state index in [1.54, 1.807) is 30.3 Å². The number of carbonyl (C=O) groups excluding carboxylic acids is 1. The van der Waals surface area contributed by atoms with Gasteiger partial charge in [0.15, 0.2) is 0 Å². The summed E-state index contributed by atoms with van der Waals surface area (Å²) < 4.78 is 81.0. The average molecular weight is 501 g/mol. The van der Waals surface area contributed by atoms with Crippen molar-refractivity contribution in [3.05, 3.63) is 94.3 Å². The molecular weight excluding hydrogens is 484 g/mol. The number of rotatable bonds is 6. The zero-order valence-electron chi connectivity index (χ0n) is 17.0. The van der Waals surface area contributed by atoms with Crippen LogP contribution in [-0.2, 0) is 22.7 Å². The lowest BCUT2D eigenvalue weighted by atomic mass is 10.1. The van der Waals surface area contributed by atoms with Gasteiger partial charge in [-0.25, -0.2) is 12.8 Å². The number of nitrogens with one attached hydrogen (secondary N) is 1. The quantitative estimate of drug-likeness (QED) is 0.450. The summed E-state index contributed by atoms with van der Waals surface area (Å²) in [7, 11) is -2.82. The number of carbonyl (C=O) groups is 1. The van der Waals surface area contributed by atoms with Gasteiger partial charge < -0.3 is 5.32 Å². The van der Waals surface area contributed by atoms with Crippen molar-refractivity contribution in [1.82, 2.24) is 4.31 Å². The summed E-state index contributed by atoms with van der Waals surface area (Å²) in [6.45, 7) is 0.0157. The molecule has 0 unspecified atom stereocenters. The molecule has 0 saturated carbocycles. The molecule has 0 radical (unpaired) electrons. The van der Waals surface area contributed by atoms with Crippen LogP contribution in [-0.4, -0.2) is 25.7 Å². The SMILES string of the molecule is CN(Cc1ccccc1)S(=O)(=O)c1ccc(F)c(C(=O)Nc2ccc(Cl)cc2C(F)(F)F)c1. The van der Waals surface area contributed by atoms with Crippen molar-refractivity contribution >= 4 is 33.2 Å². The number of hydrogen-bond acceptors (Lipinski definition) is 3. The standard InChI is InChI=1S/C22H17ClF4N2O3S/c1-29(13-14-5-3-2-4-6-14)33(31,32)16-8-9-19(24)17(12-16)21(30)28-20-10-7-15(23)11-18(20)22(25,26)27/h2-12H,13H2,1H3,(H,28,30). The van der Waals surface area contributed by atoms with Crippen molar-refractivity contribution in [3.63, 3.8) is 0 Å². The molecule has 174 valence electrons. The van der Waals surface area contributed by atoms with E-state index in [0.29, 0.717) is 11.6 Å². The first kappa shape index (κ1) is 24.7. The molecule has 0 fully saturated rings. The first-order chi connectivity index (χ1) is 15.4. The van der Waals surface area contributed by atoms with Gasteiger partial charge in [-0.3, -0.25) is 4.79 Å². The molecular formula is C22H17ClF4N2O3S. The molecule has 0 aliphatic rings. The lowest BCUT2D eigenvalue weighted by molar-refractivity contribution is -0.136. The van der Waals surface area contributed by atoms with Crippen molar-refractivity contribution in [2.24, 2.45) is 0 Å². The smallest absolute Gasteiger partial charge is 0.321 e. The molecule has 0 saturated heterocycles. The van der Waals surface area contributed by atoms with Crippen LogP contribution < -0.4 is 5.32 Å². The molecule has 0 bridgehead atoms. The number of amides is 1. The van der Waals surface area contributed by atoms with Gasteiger partial charge in [0.1, 0.15) is 5.82 Å². The molecule has 3 aromatic rings. The van der Waals surface area contributed by atoms with E-state index >= 15 is 0 Å². The number of nitrogens with zero attached hydrogens (tertiary/aromatic N) is 1. The Bertz CT molecular complexity index is 1280. The highest BCUT2D eigenvalue weighted by atomic mass is 35.5. The fourth-order valence-electron chi connectivity index (χ4n) is 2.99. The average Bonchev–Trinajstić information content (AvgIpc) is 2.75. The third-order valence-electron chi connectivity index (χ3n) is 4.67. The first-order valence-corrected chi connectivity index (χ1v) is 11.2. The van der Waals surface area contributed by atoms with Crippen molar-refractivity contribution < 1.29 is 30.8 Å². The molecule has 5 nitrogen and oxygen atoms in total. The molecule has 3 aromatic carbocycles. The second-order valence-electron chi connectivity index (χ2n) is 7.03. The Morgan fingerprint density at radius 1 is 1.03 bits per heavy atom. The zero-order valence-corrected chi connectivity index (χ0v) is 18.6. The van der Waals surface area contributed by atoms with E-state index in [4.69, 9.17) is 11.6 Å². The molecule has 33 heavy (non-hydrogen) atoms. The topological polar surface area (TPSA) is 66.5 Å². The summed E-state index contributed by atoms with van der Waals surface area (Å²) >= 11 is 5.62. The normalized spacial score (nSPS) is 12.1. The molecule has 0 atom stereocenters. The highest BCUT2D eigenvalue weighted by Crippen LogP contribution is 2.36. The summed E-state index contributed by atoms with van der Waals surface area (Å²) in [5.74, 6) is -2.34. The van der Waals surface area contributed by atoms with Gasteiger partial charge in [0.25, 0.3) is 5.91 Å². The number of anilines is 1. The van der Waals surface area contributed by atoms with E-state index in [-0.39, 0.29) is 16.5 Å². The molecule has 1 N–H and O–H groups in total. The van der Waals surface area contributed by atoms with E-state index in [1.807, 2.05) is 5.32 Å². The Balaban J connectivity index is 1.91. The van der Waals surface area contributed by atoms with Crippen molar-refractivity contribution in [3.8, 4) is 0 Å². The van der Waals surface area contributed by atoms with Crippen LogP contribution in [0.15, 0.2) is 71.6 Å². The maximum atomic E-state index is 14.3. The van der Waals surface area contributed by atoms with Gasteiger partial charge in [-0.1, -0.05) is 41.9 Å². The van der Waals surface area contributed by atoms with E-state index in [0.717, 1.165) is 34.6 Å². The van der Waals surface area contributed by atoms with Crippen molar-refractivity contribution in [2.75, 3.05) is 12.4 Å². The van der Waals surface area contributed by atoms with Crippen molar-refractivity contribution in [1.29, 1.82) is 0 Å². The largest absolute Gasteiger partial charge is 0.418 e. The second kappa shape index (κ2) is 9.50. The van der Waals surface area contributed by atoms with Gasteiger partial charge in [0.05, 0.1) is 21.7 Å². The predicted octanol–water partition coefficient (Wildman–Crippen LogP) is 5.57. The van der Waals surface area contributed by atoms with E-state index in [2.05, 4.69) is 0 Å². The van der Waals surface area contributed by atoms with Gasteiger partial charge >= 0.3 is 6.18 Å². The minimum absolute atomic E-state index is 0.0157. The lowest BCUT2D eigenvalue weighted by Gasteiger charge is -2.18. The van der Waals surface area contributed by atoms with Crippen LogP contribution in [0.1, 0.15) is 21.5 Å². The van der Waals surface area contributed by atoms with Crippen LogP contribution in [0, 0.1) is 5.82 Å².